The molecule has 1 unspecified atom stereocenters. The highest BCUT2D eigenvalue weighted by Gasteiger charge is 2.36. The van der Waals surface area contributed by atoms with Gasteiger partial charge in [-0.15, -0.1) is 5.10 Å². The summed E-state index contributed by atoms with van der Waals surface area (Å²) in [6, 6.07) is 13.7. The maximum Gasteiger partial charge on any atom is 0.149 e. The zero-order valence-electron chi connectivity index (χ0n) is 16.1. The monoisotopic (exact) mass is 414 g/mol. The molecule has 150 valence electrons. The van der Waals surface area contributed by atoms with Crippen LogP contribution >= 0.6 is 11.8 Å². The Morgan fingerprint density at radius 2 is 1.83 bits per heavy atom. The molecule has 1 aromatic heterocycles. The highest BCUT2D eigenvalue weighted by molar-refractivity contribution is 7.98. The molecule has 1 aliphatic rings. The Morgan fingerprint density at radius 1 is 1.10 bits per heavy atom. The van der Waals surface area contributed by atoms with Gasteiger partial charge in [-0.05, 0) is 38.1 Å². The molecule has 2 aromatic carbocycles. The third-order valence-electron chi connectivity index (χ3n) is 4.80. The van der Waals surface area contributed by atoms with Gasteiger partial charge in [0.25, 0.3) is 0 Å². The molecule has 8 heteroatoms. The number of thioether (sulfide) groups is 1. The topological polar surface area (TPSA) is 52.3 Å². The van der Waals surface area contributed by atoms with Crippen molar-refractivity contribution in [3.8, 4) is 5.69 Å². The average molecular weight is 414 g/mol. The van der Waals surface area contributed by atoms with Crippen molar-refractivity contribution in [3.05, 3.63) is 77.1 Å². The molecule has 0 radical (unpaired) electrons. The number of benzene rings is 2. The molecule has 2 heterocycles. The zero-order chi connectivity index (χ0) is 20.4. The summed E-state index contributed by atoms with van der Waals surface area (Å²) in [5.41, 5.74) is 2.75. The summed E-state index contributed by atoms with van der Waals surface area (Å²) in [4.78, 5) is 5.68. The van der Waals surface area contributed by atoms with Gasteiger partial charge >= 0.3 is 0 Å². The number of hydrogen-bond acceptors (Lipinski definition) is 5. The van der Waals surface area contributed by atoms with Crippen LogP contribution in [0.25, 0.3) is 5.69 Å². The van der Waals surface area contributed by atoms with Crippen molar-refractivity contribution in [2.75, 3.05) is 5.75 Å². The number of para-hydroxylation sites is 1. The lowest BCUT2D eigenvalue weighted by molar-refractivity contribution is 0.0163. The molecular formula is C21H20F2N4OS. The quantitative estimate of drug-likeness (QED) is 0.588. The summed E-state index contributed by atoms with van der Waals surface area (Å²) in [7, 11) is 0. The van der Waals surface area contributed by atoms with Gasteiger partial charge in [0.15, 0.2) is 0 Å². The van der Waals surface area contributed by atoms with Crippen LogP contribution in [-0.2, 0) is 10.6 Å². The van der Waals surface area contributed by atoms with E-state index in [-0.39, 0.29) is 11.3 Å². The van der Waals surface area contributed by atoms with E-state index in [0.29, 0.717) is 17.9 Å². The first-order chi connectivity index (χ1) is 14.0. The molecule has 5 nitrogen and oxygen atoms in total. The fourth-order valence-corrected chi connectivity index (χ4v) is 4.41. The van der Waals surface area contributed by atoms with Gasteiger partial charge in [-0.1, -0.05) is 34.6 Å². The van der Waals surface area contributed by atoms with Gasteiger partial charge in [0.2, 0.25) is 0 Å². The molecule has 0 spiro atoms. The number of nitrogens with zero attached hydrogens (tertiary/aromatic N) is 4. The van der Waals surface area contributed by atoms with E-state index in [1.807, 2.05) is 44.2 Å². The molecule has 0 amide bonds. The minimum atomic E-state index is -0.565. The first kappa shape index (κ1) is 19.6. The smallest absolute Gasteiger partial charge is 0.149 e. The number of rotatable bonds is 6. The normalized spacial score (nSPS) is 18.6. The van der Waals surface area contributed by atoms with Crippen molar-refractivity contribution in [2.45, 2.75) is 31.6 Å². The lowest BCUT2D eigenvalue weighted by Crippen LogP contribution is -2.28. The van der Waals surface area contributed by atoms with Gasteiger partial charge in [-0.3, -0.25) is 0 Å². The van der Waals surface area contributed by atoms with Crippen LogP contribution in [0.4, 0.5) is 8.78 Å². The fourth-order valence-electron chi connectivity index (χ4n) is 3.24. The highest BCUT2D eigenvalue weighted by atomic mass is 32.2. The second kappa shape index (κ2) is 7.94. The molecule has 0 aliphatic carbocycles. The summed E-state index contributed by atoms with van der Waals surface area (Å²) in [6.45, 7) is 3.88. The zero-order valence-corrected chi connectivity index (χ0v) is 16.9. The van der Waals surface area contributed by atoms with Crippen molar-refractivity contribution in [3.63, 3.8) is 0 Å². The molecule has 0 saturated carbocycles. The molecule has 29 heavy (non-hydrogen) atoms. The van der Waals surface area contributed by atoms with Gasteiger partial charge in [0.1, 0.15) is 28.6 Å². The van der Waals surface area contributed by atoms with Crippen molar-refractivity contribution in [1.29, 1.82) is 0 Å². The van der Waals surface area contributed by atoms with Crippen molar-refractivity contribution in [1.82, 2.24) is 15.0 Å². The predicted molar refractivity (Wildman–Crippen MR) is 109 cm³/mol. The van der Waals surface area contributed by atoms with Crippen molar-refractivity contribution >= 4 is 17.5 Å². The van der Waals surface area contributed by atoms with E-state index < -0.39 is 17.2 Å². The maximum atomic E-state index is 13.8. The van der Waals surface area contributed by atoms with Crippen LogP contribution in [0.2, 0.25) is 0 Å². The summed E-state index contributed by atoms with van der Waals surface area (Å²) in [5, 5.41) is 12.8. The van der Waals surface area contributed by atoms with Crippen LogP contribution in [0.15, 0.2) is 53.7 Å². The van der Waals surface area contributed by atoms with Gasteiger partial charge in [0.05, 0.1) is 11.4 Å². The Balaban J connectivity index is 1.41. The number of hydrogen-bond donors (Lipinski definition) is 0. The standard InChI is InChI=1S/C21H20F2N4OS/c1-14-20(24-26-27(14)15-7-4-3-5-8-15)19-11-21(2,28-25-19)13-29-12-16-17(22)9-6-10-18(16)23/h3-10H,11-13H2,1-2H3. The van der Waals surface area contributed by atoms with E-state index in [1.165, 1.54) is 30.0 Å². The molecule has 1 atom stereocenters. The minimum Gasteiger partial charge on any atom is -0.388 e. The van der Waals surface area contributed by atoms with Crippen LogP contribution in [0.3, 0.4) is 0 Å². The van der Waals surface area contributed by atoms with E-state index in [1.54, 1.807) is 4.68 Å². The predicted octanol–water partition coefficient (Wildman–Crippen LogP) is 4.67. The van der Waals surface area contributed by atoms with Gasteiger partial charge < -0.3 is 4.84 Å². The Morgan fingerprint density at radius 3 is 2.55 bits per heavy atom. The van der Waals surface area contributed by atoms with Crippen molar-refractivity contribution in [2.24, 2.45) is 5.16 Å². The molecular weight excluding hydrogens is 394 g/mol. The largest absolute Gasteiger partial charge is 0.388 e. The SMILES string of the molecule is Cc1c(C2=NOC(C)(CSCc3c(F)cccc3F)C2)nnn1-c1ccccc1. The fraction of sp³-hybridized carbons (Fsp3) is 0.286. The third-order valence-corrected chi connectivity index (χ3v) is 6.11. The van der Waals surface area contributed by atoms with Crippen LogP contribution in [0.5, 0.6) is 0 Å². The molecule has 0 N–H and O–H groups in total. The second-order valence-corrected chi connectivity index (χ2v) is 8.21. The third kappa shape index (κ3) is 4.03. The van der Waals surface area contributed by atoms with E-state index in [2.05, 4.69) is 15.5 Å². The maximum absolute atomic E-state index is 13.8. The van der Waals surface area contributed by atoms with E-state index in [0.717, 1.165) is 17.1 Å². The molecule has 3 aromatic rings. The number of oxime groups is 1. The molecule has 4 rings (SSSR count). The Bertz CT molecular complexity index is 1030. The second-order valence-electron chi connectivity index (χ2n) is 7.22. The molecule has 0 bridgehead atoms. The first-order valence-electron chi connectivity index (χ1n) is 9.21. The number of aromatic nitrogens is 3. The Kier molecular flexibility index (Phi) is 5.36. The van der Waals surface area contributed by atoms with E-state index in [4.69, 9.17) is 4.84 Å². The Labute approximate surface area is 171 Å². The van der Waals surface area contributed by atoms with E-state index in [9.17, 15) is 8.78 Å². The summed E-state index contributed by atoms with van der Waals surface area (Å²) in [6.07, 6.45) is 0.550. The van der Waals surface area contributed by atoms with Gasteiger partial charge in [0, 0.05) is 23.5 Å². The highest BCUT2D eigenvalue weighted by Crippen LogP contribution is 2.32. The summed E-state index contributed by atoms with van der Waals surface area (Å²) >= 11 is 1.41. The average Bonchev–Trinajstić information content (AvgIpc) is 3.28. The van der Waals surface area contributed by atoms with Crippen molar-refractivity contribution < 1.29 is 13.6 Å². The van der Waals surface area contributed by atoms with Crippen LogP contribution in [-0.4, -0.2) is 32.1 Å². The Hall–Kier alpha value is -2.74. The van der Waals surface area contributed by atoms with E-state index >= 15 is 0 Å². The number of halogens is 2. The molecule has 0 fully saturated rings. The minimum absolute atomic E-state index is 0.0851. The molecule has 1 aliphatic heterocycles. The van der Waals surface area contributed by atoms with Gasteiger partial charge in [-0.25, -0.2) is 13.5 Å². The lowest BCUT2D eigenvalue weighted by Gasteiger charge is -2.20. The molecule has 0 saturated heterocycles. The summed E-state index contributed by atoms with van der Waals surface area (Å²) < 4.78 is 29.4. The van der Waals surface area contributed by atoms with Crippen LogP contribution in [0, 0.1) is 18.6 Å². The summed E-state index contributed by atoms with van der Waals surface area (Å²) in [5.74, 6) is -0.282. The van der Waals surface area contributed by atoms with Crippen LogP contribution < -0.4 is 0 Å². The first-order valence-corrected chi connectivity index (χ1v) is 10.4. The lowest BCUT2D eigenvalue weighted by atomic mass is 10.00. The van der Waals surface area contributed by atoms with Crippen LogP contribution in [0.1, 0.15) is 30.3 Å². The van der Waals surface area contributed by atoms with Gasteiger partial charge in [-0.2, -0.15) is 11.8 Å².